The van der Waals surface area contributed by atoms with Crippen molar-refractivity contribution in [1.82, 2.24) is 0 Å². The van der Waals surface area contributed by atoms with Crippen LogP contribution in [0.15, 0.2) is 24.3 Å². The Balaban J connectivity index is 2.24. The highest BCUT2D eigenvalue weighted by Gasteiger charge is 2.37. The van der Waals surface area contributed by atoms with Crippen molar-refractivity contribution in [2.24, 2.45) is 0 Å². The van der Waals surface area contributed by atoms with Crippen LogP contribution in [0.3, 0.4) is 0 Å². The lowest BCUT2D eigenvalue weighted by Gasteiger charge is -2.20. The van der Waals surface area contributed by atoms with Gasteiger partial charge in [-0.05, 0) is 60.2 Å². The van der Waals surface area contributed by atoms with Crippen LogP contribution in [-0.2, 0) is 0 Å². The molecule has 0 spiro atoms. The molecule has 1 aliphatic rings. The Morgan fingerprint density at radius 3 is 2.60 bits per heavy atom. The van der Waals surface area contributed by atoms with E-state index in [0.29, 0.717) is 5.78 Å². The van der Waals surface area contributed by atoms with Crippen LogP contribution >= 0.6 is 34.4 Å². The summed E-state index contributed by atoms with van der Waals surface area (Å²) >= 11 is 4.06. The van der Waals surface area contributed by atoms with Crippen LogP contribution in [0.25, 0.3) is 0 Å². The summed E-state index contributed by atoms with van der Waals surface area (Å²) < 4.78 is 1.00. The van der Waals surface area contributed by atoms with Crippen molar-refractivity contribution in [2.75, 3.05) is 5.75 Å². The SMILES string of the molecule is CC1(C(=O)c2ccc(I)cc2)CCCS1. The van der Waals surface area contributed by atoms with Crippen LogP contribution in [0.5, 0.6) is 0 Å². The number of hydrogen-bond acceptors (Lipinski definition) is 2. The number of Topliss-reactive ketones (excluding diaryl/α,β-unsaturated/α-hetero) is 1. The number of carbonyl (C=O) groups is 1. The number of carbonyl (C=O) groups excluding carboxylic acids is 1. The van der Waals surface area contributed by atoms with E-state index >= 15 is 0 Å². The summed E-state index contributed by atoms with van der Waals surface area (Å²) in [5, 5.41) is 0. The van der Waals surface area contributed by atoms with E-state index in [1.165, 1.54) is 3.57 Å². The lowest BCUT2D eigenvalue weighted by Crippen LogP contribution is -2.28. The molecule has 1 nitrogen and oxygen atoms in total. The van der Waals surface area contributed by atoms with Crippen LogP contribution in [0.4, 0.5) is 0 Å². The molecule has 15 heavy (non-hydrogen) atoms. The number of thioether (sulfide) groups is 1. The first-order valence-corrected chi connectivity index (χ1v) is 7.13. The Bertz CT molecular complexity index is 366. The van der Waals surface area contributed by atoms with Crippen molar-refractivity contribution in [2.45, 2.75) is 24.5 Å². The Morgan fingerprint density at radius 1 is 1.40 bits per heavy atom. The van der Waals surface area contributed by atoms with Gasteiger partial charge in [-0.1, -0.05) is 12.1 Å². The molecule has 1 unspecified atom stereocenters. The summed E-state index contributed by atoms with van der Waals surface area (Å²) in [6.45, 7) is 2.07. The van der Waals surface area contributed by atoms with Gasteiger partial charge in [0, 0.05) is 9.13 Å². The van der Waals surface area contributed by atoms with E-state index in [-0.39, 0.29) is 4.75 Å². The smallest absolute Gasteiger partial charge is 0.178 e. The first kappa shape index (κ1) is 11.5. The minimum absolute atomic E-state index is 0.174. The molecular formula is C12H13IOS. The van der Waals surface area contributed by atoms with E-state index in [2.05, 4.69) is 29.5 Å². The molecular weight excluding hydrogens is 319 g/mol. The van der Waals surface area contributed by atoms with Gasteiger partial charge in [-0.2, -0.15) is 0 Å². The molecule has 0 saturated carbocycles. The topological polar surface area (TPSA) is 17.1 Å². The third kappa shape index (κ3) is 2.38. The fourth-order valence-electron chi connectivity index (χ4n) is 1.86. The molecule has 0 aromatic heterocycles. The third-order valence-corrected chi connectivity index (χ3v) is 5.04. The average Bonchev–Trinajstić information content (AvgIpc) is 2.67. The van der Waals surface area contributed by atoms with Gasteiger partial charge in [-0.3, -0.25) is 4.79 Å². The monoisotopic (exact) mass is 332 g/mol. The number of hydrogen-bond donors (Lipinski definition) is 0. The molecule has 1 saturated heterocycles. The van der Waals surface area contributed by atoms with Gasteiger partial charge in [0.1, 0.15) is 0 Å². The van der Waals surface area contributed by atoms with Crippen molar-refractivity contribution in [1.29, 1.82) is 0 Å². The van der Waals surface area contributed by atoms with E-state index in [4.69, 9.17) is 0 Å². The highest BCUT2D eigenvalue weighted by molar-refractivity contribution is 14.1. The second-order valence-corrected chi connectivity index (χ2v) is 6.86. The van der Waals surface area contributed by atoms with Gasteiger partial charge < -0.3 is 0 Å². The minimum Gasteiger partial charge on any atom is -0.293 e. The second kappa shape index (κ2) is 4.45. The molecule has 1 aromatic carbocycles. The molecule has 0 amide bonds. The van der Waals surface area contributed by atoms with Gasteiger partial charge in [0.2, 0.25) is 0 Å². The third-order valence-electron chi connectivity index (χ3n) is 2.81. The molecule has 1 heterocycles. The van der Waals surface area contributed by atoms with Crippen molar-refractivity contribution >= 4 is 40.1 Å². The van der Waals surface area contributed by atoms with Gasteiger partial charge in [0.15, 0.2) is 5.78 Å². The van der Waals surface area contributed by atoms with E-state index in [9.17, 15) is 4.79 Å². The fraction of sp³-hybridized carbons (Fsp3) is 0.417. The molecule has 2 rings (SSSR count). The Labute approximate surface area is 108 Å². The van der Waals surface area contributed by atoms with Crippen molar-refractivity contribution < 1.29 is 4.79 Å². The van der Waals surface area contributed by atoms with Gasteiger partial charge in [-0.25, -0.2) is 0 Å². The van der Waals surface area contributed by atoms with Gasteiger partial charge in [0.05, 0.1) is 4.75 Å². The predicted molar refractivity (Wildman–Crippen MR) is 73.6 cm³/mol. The molecule has 0 N–H and O–H groups in total. The van der Waals surface area contributed by atoms with Crippen LogP contribution in [0.1, 0.15) is 30.1 Å². The highest BCUT2D eigenvalue weighted by atomic mass is 127. The van der Waals surface area contributed by atoms with Crippen LogP contribution in [0, 0.1) is 3.57 Å². The second-order valence-electron chi connectivity index (χ2n) is 4.02. The maximum atomic E-state index is 12.3. The Kier molecular flexibility index (Phi) is 3.40. The summed E-state index contributed by atoms with van der Waals surface area (Å²) in [6, 6.07) is 7.87. The molecule has 1 aliphatic heterocycles. The standard InChI is InChI=1S/C12H13IOS/c1-12(7-2-8-15-12)11(14)9-3-5-10(13)6-4-9/h3-6H,2,7-8H2,1H3. The molecule has 0 aliphatic carbocycles. The molecule has 3 heteroatoms. The van der Waals surface area contributed by atoms with E-state index in [1.54, 1.807) is 11.8 Å². The number of ketones is 1. The van der Waals surface area contributed by atoms with Crippen LogP contribution < -0.4 is 0 Å². The molecule has 0 radical (unpaired) electrons. The minimum atomic E-state index is -0.174. The molecule has 80 valence electrons. The van der Waals surface area contributed by atoms with Crippen LogP contribution in [-0.4, -0.2) is 16.3 Å². The predicted octanol–water partition coefficient (Wildman–Crippen LogP) is 3.76. The van der Waals surface area contributed by atoms with Crippen LogP contribution in [0.2, 0.25) is 0 Å². The fourth-order valence-corrected chi connectivity index (χ4v) is 3.50. The molecule has 1 fully saturated rings. The van der Waals surface area contributed by atoms with Crippen molar-refractivity contribution in [3.63, 3.8) is 0 Å². The lowest BCUT2D eigenvalue weighted by atomic mass is 9.95. The maximum Gasteiger partial charge on any atom is 0.178 e. The summed E-state index contributed by atoms with van der Waals surface area (Å²) in [4.78, 5) is 12.3. The largest absolute Gasteiger partial charge is 0.293 e. The summed E-state index contributed by atoms with van der Waals surface area (Å²) in [5.74, 6) is 1.41. The highest BCUT2D eigenvalue weighted by Crippen LogP contribution is 2.40. The normalized spacial score (nSPS) is 25.5. The molecule has 1 atom stereocenters. The Morgan fingerprint density at radius 2 is 2.07 bits per heavy atom. The zero-order chi connectivity index (χ0) is 10.9. The summed E-state index contributed by atoms with van der Waals surface area (Å²) in [6.07, 6.45) is 2.18. The van der Waals surface area contributed by atoms with E-state index in [0.717, 1.165) is 24.2 Å². The first-order chi connectivity index (χ1) is 7.12. The van der Waals surface area contributed by atoms with E-state index in [1.807, 2.05) is 24.3 Å². The number of benzene rings is 1. The first-order valence-electron chi connectivity index (χ1n) is 5.06. The molecule has 0 bridgehead atoms. The van der Waals surface area contributed by atoms with Crippen molar-refractivity contribution in [3.05, 3.63) is 33.4 Å². The van der Waals surface area contributed by atoms with Gasteiger partial charge >= 0.3 is 0 Å². The van der Waals surface area contributed by atoms with E-state index < -0.39 is 0 Å². The zero-order valence-electron chi connectivity index (χ0n) is 8.63. The average molecular weight is 332 g/mol. The zero-order valence-corrected chi connectivity index (χ0v) is 11.6. The van der Waals surface area contributed by atoms with Gasteiger partial charge in [-0.15, -0.1) is 11.8 Å². The van der Waals surface area contributed by atoms with Crippen molar-refractivity contribution in [3.8, 4) is 0 Å². The summed E-state index contributed by atoms with van der Waals surface area (Å²) in [5.41, 5.74) is 0.854. The quantitative estimate of drug-likeness (QED) is 0.606. The molecule has 1 aromatic rings. The summed E-state index contributed by atoms with van der Waals surface area (Å²) in [7, 11) is 0. The number of halogens is 1. The Hall–Kier alpha value is -0.0300. The maximum absolute atomic E-state index is 12.3. The van der Waals surface area contributed by atoms with Gasteiger partial charge in [0.25, 0.3) is 0 Å². The number of rotatable bonds is 2. The lowest BCUT2D eigenvalue weighted by molar-refractivity contribution is 0.0949.